The highest BCUT2D eigenvalue weighted by Crippen LogP contribution is 2.03. The van der Waals surface area contributed by atoms with Crippen molar-refractivity contribution in [3.63, 3.8) is 0 Å². The van der Waals surface area contributed by atoms with Crippen LogP contribution in [0.2, 0.25) is 0 Å². The van der Waals surface area contributed by atoms with Gasteiger partial charge in [0.1, 0.15) is 0 Å². The molecular formula is C13H27N3O3. The van der Waals surface area contributed by atoms with Crippen molar-refractivity contribution in [3.05, 3.63) is 0 Å². The Labute approximate surface area is 115 Å². The number of carboxylic acids is 1. The van der Waals surface area contributed by atoms with E-state index in [1.807, 2.05) is 32.8 Å². The molecule has 0 aromatic heterocycles. The summed E-state index contributed by atoms with van der Waals surface area (Å²) in [6.07, 6.45) is 0.445. The molecule has 0 saturated heterocycles. The lowest BCUT2D eigenvalue weighted by molar-refractivity contribution is -0.141. The first-order valence-electron chi connectivity index (χ1n) is 6.71. The summed E-state index contributed by atoms with van der Waals surface area (Å²) >= 11 is 0. The van der Waals surface area contributed by atoms with E-state index >= 15 is 0 Å². The third-order valence-electron chi connectivity index (χ3n) is 3.04. The molecule has 6 heteroatoms. The summed E-state index contributed by atoms with van der Waals surface area (Å²) in [4.78, 5) is 26.5. The van der Waals surface area contributed by atoms with Crippen molar-refractivity contribution in [3.8, 4) is 0 Å². The lowest BCUT2D eigenvalue weighted by atomic mass is 10.1. The number of carbonyl (C=O) groups excluding carboxylic acids is 1. The second-order valence-electron chi connectivity index (χ2n) is 5.16. The SMILES string of the molecule is CCN(C(=O)NCCC(C)C(=O)O)C(C)CN(C)C. The third kappa shape index (κ3) is 7.00. The Morgan fingerprint density at radius 1 is 1.26 bits per heavy atom. The van der Waals surface area contributed by atoms with Crippen LogP contribution >= 0.6 is 0 Å². The zero-order valence-corrected chi connectivity index (χ0v) is 12.6. The minimum atomic E-state index is -0.831. The quantitative estimate of drug-likeness (QED) is 0.694. The average Bonchev–Trinajstić information content (AvgIpc) is 2.28. The molecule has 2 atom stereocenters. The van der Waals surface area contributed by atoms with Crippen molar-refractivity contribution in [2.75, 3.05) is 33.7 Å². The summed E-state index contributed by atoms with van der Waals surface area (Å²) in [5.41, 5.74) is 0. The highest BCUT2D eigenvalue weighted by atomic mass is 16.4. The Balaban J connectivity index is 4.18. The van der Waals surface area contributed by atoms with Gasteiger partial charge in [-0.1, -0.05) is 6.92 Å². The van der Waals surface area contributed by atoms with Gasteiger partial charge in [-0.05, 0) is 34.4 Å². The number of nitrogens with zero attached hydrogens (tertiary/aromatic N) is 2. The molecule has 6 nitrogen and oxygen atoms in total. The second kappa shape index (κ2) is 8.74. The molecule has 0 aromatic carbocycles. The van der Waals surface area contributed by atoms with Crippen molar-refractivity contribution in [1.29, 1.82) is 0 Å². The fourth-order valence-corrected chi connectivity index (χ4v) is 1.90. The molecule has 19 heavy (non-hydrogen) atoms. The summed E-state index contributed by atoms with van der Waals surface area (Å²) in [6.45, 7) is 7.40. The number of hydrogen-bond acceptors (Lipinski definition) is 3. The van der Waals surface area contributed by atoms with Crippen molar-refractivity contribution < 1.29 is 14.7 Å². The van der Waals surface area contributed by atoms with Crippen molar-refractivity contribution in [2.24, 2.45) is 5.92 Å². The van der Waals surface area contributed by atoms with E-state index in [4.69, 9.17) is 5.11 Å². The van der Waals surface area contributed by atoms with Crippen molar-refractivity contribution in [2.45, 2.75) is 33.2 Å². The minimum absolute atomic E-state index is 0.122. The Morgan fingerprint density at radius 3 is 2.26 bits per heavy atom. The van der Waals surface area contributed by atoms with E-state index in [1.54, 1.807) is 11.8 Å². The van der Waals surface area contributed by atoms with Gasteiger partial charge in [0.05, 0.1) is 5.92 Å². The second-order valence-corrected chi connectivity index (χ2v) is 5.16. The van der Waals surface area contributed by atoms with Gasteiger partial charge in [0.2, 0.25) is 0 Å². The minimum Gasteiger partial charge on any atom is -0.481 e. The zero-order chi connectivity index (χ0) is 15.0. The lowest BCUT2D eigenvalue weighted by Crippen LogP contribution is -2.48. The highest BCUT2D eigenvalue weighted by molar-refractivity contribution is 5.74. The maximum Gasteiger partial charge on any atom is 0.317 e. The van der Waals surface area contributed by atoms with Crippen molar-refractivity contribution in [1.82, 2.24) is 15.1 Å². The van der Waals surface area contributed by atoms with E-state index in [-0.39, 0.29) is 12.1 Å². The molecule has 0 aliphatic heterocycles. The van der Waals surface area contributed by atoms with Crippen LogP contribution in [0.3, 0.4) is 0 Å². The fraction of sp³-hybridized carbons (Fsp3) is 0.846. The maximum absolute atomic E-state index is 12.0. The van der Waals surface area contributed by atoms with Crippen LogP contribution in [0.15, 0.2) is 0 Å². The molecule has 112 valence electrons. The largest absolute Gasteiger partial charge is 0.481 e. The number of nitrogens with one attached hydrogen (secondary N) is 1. The van der Waals surface area contributed by atoms with E-state index in [1.165, 1.54) is 0 Å². The summed E-state index contributed by atoms with van der Waals surface area (Å²) in [7, 11) is 3.94. The topological polar surface area (TPSA) is 72.9 Å². The van der Waals surface area contributed by atoms with Crippen LogP contribution in [0, 0.1) is 5.92 Å². The smallest absolute Gasteiger partial charge is 0.317 e. The molecule has 0 heterocycles. The van der Waals surface area contributed by atoms with Gasteiger partial charge in [0.15, 0.2) is 0 Å². The molecular weight excluding hydrogens is 246 g/mol. The predicted octanol–water partition coefficient (Wildman–Crippen LogP) is 1.08. The van der Waals surface area contributed by atoms with E-state index in [0.717, 1.165) is 6.54 Å². The number of amides is 2. The first-order chi connectivity index (χ1) is 8.79. The number of carboxylic acid groups (broad SMARTS) is 1. The van der Waals surface area contributed by atoms with Gasteiger partial charge in [-0.2, -0.15) is 0 Å². The van der Waals surface area contributed by atoms with Crippen LogP contribution in [0.5, 0.6) is 0 Å². The first-order valence-corrected chi connectivity index (χ1v) is 6.71. The van der Waals surface area contributed by atoms with E-state index in [9.17, 15) is 9.59 Å². The van der Waals surface area contributed by atoms with Crippen LogP contribution in [-0.4, -0.2) is 66.7 Å². The van der Waals surface area contributed by atoms with Crippen LogP contribution in [0.25, 0.3) is 0 Å². The van der Waals surface area contributed by atoms with Gasteiger partial charge in [0, 0.05) is 25.7 Å². The van der Waals surface area contributed by atoms with E-state index in [2.05, 4.69) is 5.32 Å². The summed E-state index contributed by atoms with van der Waals surface area (Å²) in [5, 5.41) is 11.5. The summed E-state index contributed by atoms with van der Waals surface area (Å²) in [6, 6.07) is -0.00802. The maximum atomic E-state index is 12.0. The Bertz CT molecular complexity index is 295. The van der Waals surface area contributed by atoms with Crippen molar-refractivity contribution >= 4 is 12.0 Å². The van der Waals surface area contributed by atoms with Crippen LogP contribution in [0.4, 0.5) is 4.79 Å². The molecule has 0 aliphatic carbocycles. The van der Waals surface area contributed by atoms with Gasteiger partial charge >= 0.3 is 12.0 Å². The normalized spacial score (nSPS) is 14.0. The number of rotatable bonds is 8. The van der Waals surface area contributed by atoms with Crippen LogP contribution in [-0.2, 0) is 4.79 Å². The standard InChI is InChI=1S/C13H27N3O3/c1-6-16(11(3)9-15(4)5)13(19)14-8-7-10(2)12(17)18/h10-11H,6-9H2,1-5H3,(H,14,19)(H,17,18). The number of aliphatic carboxylic acids is 1. The van der Waals surface area contributed by atoms with Gasteiger partial charge < -0.3 is 20.2 Å². The first kappa shape index (κ1) is 17.7. The highest BCUT2D eigenvalue weighted by Gasteiger charge is 2.19. The van der Waals surface area contributed by atoms with Crippen LogP contribution < -0.4 is 5.32 Å². The fourth-order valence-electron chi connectivity index (χ4n) is 1.90. The molecule has 0 radical (unpaired) electrons. The van der Waals surface area contributed by atoms with Gasteiger partial charge in [-0.15, -0.1) is 0 Å². The number of urea groups is 1. The molecule has 0 fully saturated rings. The summed E-state index contributed by atoms with van der Waals surface area (Å²) in [5.74, 6) is -1.27. The van der Waals surface area contributed by atoms with Crippen LogP contribution in [0.1, 0.15) is 27.2 Å². The number of likely N-dealkylation sites (N-methyl/N-ethyl adjacent to an activating group) is 2. The molecule has 2 unspecified atom stereocenters. The van der Waals surface area contributed by atoms with E-state index < -0.39 is 11.9 Å². The van der Waals surface area contributed by atoms with Gasteiger partial charge in [0.25, 0.3) is 0 Å². The molecule has 2 N–H and O–H groups in total. The lowest BCUT2D eigenvalue weighted by Gasteiger charge is -2.30. The Morgan fingerprint density at radius 2 is 1.84 bits per heavy atom. The summed E-state index contributed by atoms with van der Waals surface area (Å²) < 4.78 is 0. The molecule has 2 amide bonds. The predicted molar refractivity (Wildman–Crippen MR) is 75.2 cm³/mol. The third-order valence-corrected chi connectivity index (χ3v) is 3.04. The zero-order valence-electron chi connectivity index (χ0n) is 12.6. The molecule has 0 saturated carbocycles. The van der Waals surface area contributed by atoms with E-state index in [0.29, 0.717) is 19.5 Å². The molecule has 0 aromatic rings. The Kier molecular flexibility index (Phi) is 8.14. The monoisotopic (exact) mass is 273 g/mol. The number of hydrogen-bond donors (Lipinski definition) is 2. The molecule has 0 bridgehead atoms. The molecule has 0 spiro atoms. The number of carbonyl (C=O) groups is 2. The molecule has 0 aliphatic rings. The Hall–Kier alpha value is -1.30. The van der Waals surface area contributed by atoms with Gasteiger partial charge in [-0.25, -0.2) is 4.79 Å². The average molecular weight is 273 g/mol. The molecule has 0 rings (SSSR count). The van der Waals surface area contributed by atoms with Gasteiger partial charge in [-0.3, -0.25) is 4.79 Å².